The molecule has 0 spiro atoms. The van der Waals surface area contributed by atoms with Crippen LogP contribution in [0, 0.1) is 11.6 Å². The van der Waals surface area contributed by atoms with E-state index in [4.69, 9.17) is 9.84 Å². The zero-order valence-corrected chi connectivity index (χ0v) is 23.7. The van der Waals surface area contributed by atoms with Gasteiger partial charge in [-0.3, -0.25) is 14.4 Å². The zero-order chi connectivity index (χ0) is 28.5. The SMILES string of the molecule is CC(=O)c1cc(Br)ccc1O.O=C1CC(c2ccccc2F)Oc2ccc(Br)cc21.O=Cc1ccccc1F. The standard InChI is InChI=1S/C15H10BrFO2.C8H7BrO2.C7H5FO/c16-9-5-6-14-11(7-9)13(18)8-15(19-14)10-3-1-2-4-12(10)17;1-5(10)7-4-6(9)2-3-8(7)11;8-7-4-2-1-3-6(7)5-9/h1-7,15H,8H2;2-4,11H,1H3;1-5H. The molecule has 39 heavy (non-hydrogen) atoms. The number of phenols is 1. The minimum atomic E-state index is -0.553. The lowest BCUT2D eigenvalue weighted by Crippen LogP contribution is -2.21. The Balaban J connectivity index is 0.000000179. The number of aldehydes is 1. The molecule has 0 aromatic heterocycles. The smallest absolute Gasteiger partial charge is 0.170 e. The van der Waals surface area contributed by atoms with Crippen LogP contribution in [-0.4, -0.2) is 23.0 Å². The second-order valence-electron chi connectivity index (χ2n) is 8.25. The molecule has 4 aromatic carbocycles. The van der Waals surface area contributed by atoms with E-state index in [1.165, 1.54) is 31.2 Å². The van der Waals surface area contributed by atoms with Crippen LogP contribution in [-0.2, 0) is 0 Å². The number of carbonyl (C=O) groups excluding carboxylic acids is 3. The molecule has 1 aliphatic heterocycles. The molecule has 0 saturated heterocycles. The monoisotopic (exact) mass is 658 g/mol. The number of ether oxygens (including phenoxy) is 1. The summed E-state index contributed by atoms with van der Waals surface area (Å²) in [5.74, 6) is -0.443. The number of aromatic hydroxyl groups is 1. The van der Waals surface area contributed by atoms with E-state index in [-0.39, 0.29) is 35.1 Å². The largest absolute Gasteiger partial charge is 0.507 e. The van der Waals surface area contributed by atoms with Crippen LogP contribution < -0.4 is 4.74 Å². The number of hydrogen-bond acceptors (Lipinski definition) is 5. The second-order valence-corrected chi connectivity index (χ2v) is 10.1. The van der Waals surface area contributed by atoms with Crippen LogP contribution in [0.3, 0.4) is 0 Å². The van der Waals surface area contributed by atoms with Gasteiger partial charge in [0.1, 0.15) is 29.2 Å². The number of ketones is 2. The minimum Gasteiger partial charge on any atom is -0.507 e. The predicted molar refractivity (Wildman–Crippen MR) is 150 cm³/mol. The van der Waals surface area contributed by atoms with Crippen molar-refractivity contribution in [1.82, 2.24) is 0 Å². The van der Waals surface area contributed by atoms with Crippen LogP contribution >= 0.6 is 31.9 Å². The highest BCUT2D eigenvalue weighted by atomic mass is 79.9. The predicted octanol–water partition coefficient (Wildman–Crippen LogP) is 8.29. The Morgan fingerprint density at radius 2 is 1.54 bits per heavy atom. The van der Waals surface area contributed by atoms with Gasteiger partial charge in [0, 0.05) is 14.5 Å². The highest BCUT2D eigenvalue weighted by Crippen LogP contribution is 2.36. The molecule has 0 fully saturated rings. The topological polar surface area (TPSA) is 80.7 Å². The number of fused-ring (bicyclic) bond motifs is 1. The van der Waals surface area contributed by atoms with Gasteiger partial charge in [-0.05, 0) is 61.5 Å². The van der Waals surface area contributed by atoms with Gasteiger partial charge < -0.3 is 9.84 Å². The Labute approximate surface area is 240 Å². The fourth-order valence-corrected chi connectivity index (χ4v) is 4.29. The molecule has 1 unspecified atom stereocenters. The van der Waals surface area contributed by atoms with E-state index in [0.29, 0.717) is 28.7 Å². The molecule has 0 aliphatic carbocycles. The summed E-state index contributed by atoms with van der Waals surface area (Å²) >= 11 is 6.52. The van der Waals surface area contributed by atoms with Crippen molar-refractivity contribution >= 4 is 49.7 Å². The summed E-state index contributed by atoms with van der Waals surface area (Å²) in [5.41, 5.74) is 1.42. The lowest BCUT2D eigenvalue weighted by atomic mass is 9.96. The number of hydrogen-bond donors (Lipinski definition) is 1. The van der Waals surface area contributed by atoms with E-state index >= 15 is 0 Å². The van der Waals surface area contributed by atoms with E-state index < -0.39 is 11.9 Å². The van der Waals surface area contributed by atoms with Crippen molar-refractivity contribution in [2.24, 2.45) is 0 Å². The normalized spacial score (nSPS) is 13.5. The molecule has 0 radical (unpaired) electrons. The van der Waals surface area contributed by atoms with Gasteiger partial charge in [-0.2, -0.15) is 0 Å². The molecule has 1 atom stereocenters. The van der Waals surface area contributed by atoms with Gasteiger partial charge in [-0.15, -0.1) is 0 Å². The van der Waals surface area contributed by atoms with Crippen LogP contribution in [0.1, 0.15) is 56.1 Å². The first-order valence-electron chi connectivity index (χ1n) is 11.5. The first kappa shape index (κ1) is 29.9. The van der Waals surface area contributed by atoms with Crippen molar-refractivity contribution in [2.75, 3.05) is 0 Å². The van der Waals surface area contributed by atoms with E-state index in [1.54, 1.807) is 60.7 Å². The highest BCUT2D eigenvalue weighted by molar-refractivity contribution is 9.10. The number of rotatable bonds is 3. The van der Waals surface area contributed by atoms with Gasteiger partial charge in [0.25, 0.3) is 0 Å². The lowest BCUT2D eigenvalue weighted by Gasteiger charge is -2.25. The first-order valence-corrected chi connectivity index (χ1v) is 13.1. The van der Waals surface area contributed by atoms with Crippen LogP contribution in [0.4, 0.5) is 8.78 Å². The molecule has 1 heterocycles. The molecule has 0 saturated carbocycles. The summed E-state index contributed by atoms with van der Waals surface area (Å²) in [5, 5.41) is 9.16. The van der Waals surface area contributed by atoms with E-state index in [1.807, 2.05) is 0 Å². The van der Waals surface area contributed by atoms with Crippen molar-refractivity contribution in [3.05, 3.63) is 128 Å². The van der Waals surface area contributed by atoms with Gasteiger partial charge in [0.15, 0.2) is 17.9 Å². The summed E-state index contributed by atoms with van der Waals surface area (Å²) in [4.78, 5) is 32.9. The van der Waals surface area contributed by atoms with Crippen LogP contribution in [0.2, 0.25) is 0 Å². The summed E-state index contributed by atoms with van der Waals surface area (Å²) in [7, 11) is 0. The van der Waals surface area contributed by atoms with Crippen molar-refractivity contribution in [2.45, 2.75) is 19.4 Å². The lowest BCUT2D eigenvalue weighted by molar-refractivity contribution is 0.0845. The molecule has 200 valence electrons. The van der Waals surface area contributed by atoms with Gasteiger partial charge in [-0.25, -0.2) is 8.78 Å². The van der Waals surface area contributed by atoms with Gasteiger partial charge >= 0.3 is 0 Å². The third-order valence-electron chi connectivity index (χ3n) is 5.50. The number of carbonyl (C=O) groups is 3. The van der Waals surface area contributed by atoms with Crippen LogP contribution in [0.5, 0.6) is 11.5 Å². The molecule has 1 N–H and O–H groups in total. The maximum absolute atomic E-state index is 13.7. The Kier molecular flexibility index (Phi) is 10.7. The van der Waals surface area contributed by atoms with Crippen molar-refractivity contribution in [3.8, 4) is 11.5 Å². The maximum Gasteiger partial charge on any atom is 0.170 e. The molecule has 0 bridgehead atoms. The van der Waals surface area contributed by atoms with E-state index in [0.717, 1.165) is 8.95 Å². The van der Waals surface area contributed by atoms with Gasteiger partial charge in [0.2, 0.25) is 0 Å². The molecule has 5 rings (SSSR count). The van der Waals surface area contributed by atoms with Crippen molar-refractivity contribution in [1.29, 1.82) is 0 Å². The first-order chi connectivity index (χ1) is 18.6. The summed E-state index contributed by atoms with van der Waals surface area (Å²) < 4.78 is 33.5. The number of Topliss-reactive ketones (excluding diaryl/α,β-unsaturated/α-hetero) is 2. The molecule has 4 aromatic rings. The Bertz CT molecular complexity index is 1510. The molecule has 9 heteroatoms. The molecular weight excluding hydrogens is 638 g/mol. The number of halogens is 4. The van der Waals surface area contributed by atoms with E-state index in [9.17, 15) is 23.2 Å². The molecule has 5 nitrogen and oxygen atoms in total. The van der Waals surface area contributed by atoms with Gasteiger partial charge in [-0.1, -0.05) is 62.2 Å². The van der Waals surface area contributed by atoms with E-state index in [2.05, 4.69) is 31.9 Å². The summed E-state index contributed by atoms with van der Waals surface area (Å²) in [6, 6.07) is 22.3. The fourth-order valence-electron chi connectivity index (χ4n) is 3.57. The Morgan fingerprint density at radius 1 is 0.923 bits per heavy atom. The average molecular weight is 660 g/mol. The Morgan fingerprint density at radius 3 is 2.13 bits per heavy atom. The molecular formula is C30H22Br2F2O5. The molecule has 0 amide bonds. The Hall–Kier alpha value is -3.69. The highest BCUT2D eigenvalue weighted by Gasteiger charge is 2.29. The quantitative estimate of drug-likeness (QED) is 0.177. The maximum atomic E-state index is 13.7. The van der Waals surface area contributed by atoms with Crippen LogP contribution in [0.15, 0.2) is 93.9 Å². The zero-order valence-electron chi connectivity index (χ0n) is 20.5. The summed E-state index contributed by atoms with van der Waals surface area (Å²) in [6.07, 6.45) is 0.0991. The number of benzene rings is 4. The van der Waals surface area contributed by atoms with Crippen LogP contribution in [0.25, 0.3) is 0 Å². The second kappa shape index (κ2) is 13.9. The minimum absolute atomic E-state index is 0.0284. The number of phenolic OH excluding ortho intramolecular Hbond substituents is 1. The third kappa shape index (κ3) is 8.15. The van der Waals surface area contributed by atoms with Crippen molar-refractivity contribution in [3.63, 3.8) is 0 Å². The average Bonchev–Trinajstić information content (AvgIpc) is 2.91. The summed E-state index contributed by atoms with van der Waals surface area (Å²) in [6.45, 7) is 1.42. The van der Waals surface area contributed by atoms with Gasteiger partial charge in [0.05, 0.1) is 23.1 Å². The van der Waals surface area contributed by atoms with Crippen molar-refractivity contribution < 1.29 is 33.0 Å². The third-order valence-corrected chi connectivity index (χ3v) is 6.49. The molecule has 1 aliphatic rings. The fraction of sp³-hybridized carbons (Fsp3) is 0.100.